The van der Waals surface area contributed by atoms with E-state index in [2.05, 4.69) is 10.2 Å². The van der Waals surface area contributed by atoms with Crippen molar-refractivity contribution in [2.24, 2.45) is 0 Å². The largest absolute Gasteiger partial charge is 0.508 e. The number of carbonyl (C=O) groups is 1. The Balaban J connectivity index is 1.49. The number of nitrogens with one attached hydrogen (secondary N) is 2. The summed E-state index contributed by atoms with van der Waals surface area (Å²) < 4.78 is 25.3. The van der Waals surface area contributed by atoms with Crippen LogP contribution in [0.1, 0.15) is 0 Å². The van der Waals surface area contributed by atoms with Gasteiger partial charge in [0.1, 0.15) is 5.75 Å². The molecule has 1 aliphatic heterocycles. The van der Waals surface area contributed by atoms with Crippen LogP contribution in [0.2, 0.25) is 0 Å². The lowest BCUT2D eigenvalue weighted by atomic mass is 10.2. The monoisotopic (exact) mass is 419 g/mol. The molecule has 0 saturated carbocycles. The lowest BCUT2D eigenvalue weighted by molar-refractivity contribution is -0.892. The van der Waals surface area contributed by atoms with Gasteiger partial charge in [-0.15, -0.1) is 0 Å². The minimum Gasteiger partial charge on any atom is -0.508 e. The highest BCUT2D eigenvalue weighted by molar-refractivity contribution is 7.89. The number of benzene rings is 2. The topological polar surface area (TPSA) is 94.4 Å². The molecule has 0 aromatic heterocycles. The molecule has 2 aromatic carbocycles. The normalized spacial score (nSPS) is 15.5. The number of nitrogens with zero attached hydrogens (tertiary/aromatic N) is 2. The molecule has 0 atom stereocenters. The molecule has 3 N–H and O–H groups in total. The number of phenolic OH excluding ortho intramolecular Hbond substituents is 1. The van der Waals surface area contributed by atoms with Gasteiger partial charge in [0.25, 0.3) is 5.91 Å². The molecule has 1 amide bonds. The van der Waals surface area contributed by atoms with E-state index in [1.165, 1.54) is 31.1 Å². The van der Waals surface area contributed by atoms with Gasteiger partial charge in [-0.25, -0.2) is 12.7 Å². The van der Waals surface area contributed by atoms with Gasteiger partial charge in [-0.3, -0.25) is 4.79 Å². The maximum Gasteiger partial charge on any atom is 0.279 e. The van der Waals surface area contributed by atoms with Crippen molar-refractivity contribution in [1.29, 1.82) is 0 Å². The van der Waals surface area contributed by atoms with Crippen molar-refractivity contribution in [3.8, 4) is 5.75 Å². The van der Waals surface area contributed by atoms with E-state index in [1.54, 1.807) is 24.3 Å². The van der Waals surface area contributed by atoms with Gasteiger partial charge in [-0.1, -0.05) is 0 Å². The molecule has 0 radical (unpaired) electrons. The predicted octanol–water partition coefficient (Wildman–Crippen LogP) is -0.0139. The minimum absolute atomic E-state index is 0.0960. The van der Waals surface area contributed by atoms with E-state index in [0.29, 0.717) is 12.2 Å². The fourth-order valence-electron chi connectivity index (χ4n) is 3.27. The molecule has 0 unspecified atom stereocenters. The Bertz CT molecular complexity index is 935. The van der Waals surface area contributed by atoms with Crippen LogP contribution in [-0.4, -0.2) is 70.6 Å². The van der Waals surface area contributed by atoms with Crippen LogP contribution < -0.4 is 15.1 Å². The van der Waals surface area contributed by atoms with Gasteiger partial charge < -0.3 is 20.2 Å². The van der Waals surface area contributed by atoms with E-state index in [9.17, 15) is 18.3 Å². The number of piperazine rings is 1. The third kappa shape index (κ3) is 5.26. The highest BCUT2D eigenvalue weighted by Gasteiger charge is 2.23. The highest BCUT2D eigenvalue weighted by Crippen LogP contribution is 2.18. The van der Waals surface area contributed by atoms with Crippen LogP contribution in [0.25, 0.3) is 0 Å². The number of quaternary nitrogens is 1. The maximum atomic E-state index is 12.4. The van der Waals surface area contributed by atoms with E-state index in [-0.39, 0.29) is 16.6 Å². The number of sulfonamides is 1. The Hall–Kier alpha value is -2.62. The SMILES string of the molecule is CN(C)S(=O)(=O)c1ccc(NC(=O)C[NH+]2CCN(c3ccc(O)cc3)CC2)cc1. The zero-order chi connectivity index (χ0) is 21.0. The summed E-state index contributed by atoms with van der Waals surface area (Å²) in [5, 5.41) is 12.2. The number of anilines is 2. The Morgan fingerprint density at radius 2 is 1.66 bits per heavy atom. The second-order valence-electron chi connectivity index (χ2n) is 7.29. The molecule has 1 aliphatic rings. The number of hydrogen-bond acceptors (Lipinski definition) is 5. The summed E-state index contributed by atoms with van der Waals surface area (Å²) in [6.45, 7) is 3.72. The van der Waals surface area contributed by atoms with E-state index >= 15 is 0 Å². The van der Waals surface area contributed by atoms with Crippen LogP contribution in [0, 0.1) is 0 Å². The first kappa shape index (κ1) is 21.1. The number of aromatic hydroxyl groups is 1. The summed E-state index contributed by atoms with van der Waals surface area (Å²) in [6, 6.07) is 13.3. The van der Waals surface area contributed by atoms with E-state index in [4.69, 9.17) is 0 Å². The van der Waals surface area contributed by atoms with E-state index in [0.717, 1.165) is 36.2 Å². The minimum atomic E-state index is -3.48. The quantitative estimate of drug-likeness (QED) is 0.612. The van der Waals surface area contributed by atoms with Crippen molar-refractivity contribution in [1.82, 2.24) is 4.31 Å². The number of rotatable bonds is 6. The zero-order valence-electron chi connectivity index (χ0n) is 16.6. The number of amides is 1. The van der Waals surface area contributed by atoms with Gasteiger partial charge in [0.2, 0.25) is 10.0 Å². The van der Waals surface area contributed by atoms with Crippen molar-refractivity contribution < 1.29 is 23.2 Å². The summed E-state index contributed by atoms with van der Waals surface area (Å²) in [5.74, 6) is 0.156. The number of carbonyl (C=O) groups excluding carboxylic acids is 1. The lowest BCUT2D eigenvalue weighted by Crippen LogP contribution is -3.15. The van der Waals surface area contributed by atoms with Gasteiger partial charge in [0, 0.05) is 25.5 Å². The average molecular weight is 420 g/mol. The molecule has 29 heavy (non-hydrogen) atoms. The van der Waals surface area contributed by atoms with Crippen LogP contribution in [-0.2, 0) is 14.8 Å². The molecule has 0 bridgehead atoms. The number of phenols is 1. The molecule has 156 valence electrons. The maximum absolute atomic E-state index is 12.4. The Morgan fingerprint density at radius 3 is 2.21 bits per heavy atom. The standard InChI is InChI=1S/C20H26N4O4S/c1-22(2)29(27,28)19-9-3-16(4-10-19)21-20(26)15-23-11-13-24(14-12-23)17-5-7-18(25)8-6-17/h3-10,25H,11-15H2,1-2H3,(H,21,26)/p+1. The molecular formula is C20H27N4O4S+. The summed E-state index contributed by atoms with van der Waals surface area (Å²) in [6.07, 6.45) is 0. The van der Waals surface area contributed by atoms with Crippen molar-refractivity contribution in [3.63, 3.8) is 0 Å². The Labute approximate surface area is 171 Å². The van der Waals surface area contributed by atoms with Crippen molar-refractivity contribution >= 4 is 27.3 Å². The fraction of sp³-hybridized carbons (Fsp3) is 0.350. The zero-order valence-corrected chi connectivity index (χ0v) is 17.4. The molecule has 8 nitrogen and oxygen atoms in total. The second kappa shape index (κ2) is 8.81. The number of hydrogen-bond donors (Lipinski definition) is 3. The van der Waals surface area contributed by atoms with Gasteiger partial charge in [-0.2, -0.15) is 0 Å². The van der Waals surface area contributed by atoms with Gasteiger partial charge in [0.05, 0.1) is 31.1 Å². The summed E-state index contributed by atoms with van der Waals surface area (Å²) in [4.78, 5) is 16.0. The van der Waals surface area contributed by atoms with E-state index < -0.39 is 10.0 Å². The predicted molar refractivity (Wildman–Crippen MR) is 112 cm³/mol. The molecule has 9 heteroatoms. The molecule has 0 aliphatic carbocycles. The van der Waals surface area contributed by atoms with Crippen LogP contribution in [0.15, 0.2) is 53.4 Å². The van der Waals surface area contributed by atoms with Crippen LogP contribution >= 0.6 is 0 Å². The van der Waals surface area contributed by atoms with Crippen molar-refractivity contribution in [3.05, 3.63) is 48.5 Å². The van der Waals surface area contributed by atoms with Gasteiger partial charge in [-0.05, 0) is 48.5 Å². The Kier molecular flexibility index (Phi) is 6.41. The molecule has 1 saturated heterocycles. The first-order valence-electron chi connectivity index (χ1n) is 9.46. The third-order valence-electron chi connectivity index (χ3n) is 5.01. The molecular weight excluding hydrogens is 392 g/mol. The van der Waals surface area contributed by atoms with Crippen LogP contribution in [0.3, 0.4) is 0 Å². The van der Waals surface area contributed by atoms with Gasteiger partial charge in [0.15, 0.2) is 6.54 Å². The van der Waals surface area contributed by atoms with E-state index in [1.807, 2.05) is 12.1 Å². The molecule has 3 rings (SSSR count). The Morgan fingerprint density at radius 1 is 1.07 bits per heavy atom. The van der Waals surface area contributed by atoms with Crippen LogP contribution in [0.5, 0.6) is 5.75 Å². The summed E-state index contributed by atoms with van der Waals surface area (Å²) >= 11 is 0. The van der Waals surface area contributed by atoms with Crippen molar-refractivity contribution in [2.45, 2.75) is 4.90 Å². The molecule has 2 aromatic rings. The molecule has 1 fully saturated rings. The average Bonchev–Trinajstić information content (AvgIpc) is 2.69. The fourth-order valence-corrected chi connectivity index (χ4v) is 4.18. The van der Waals surface area contributed by atoms with Crippen molar-refractivity contribution in [2.75, 3.05) is 57.0 Å². The lowest BCUT2D eigenvalue weighted by Gasteiger charge is -2.33. The van der Waals surface area contributed by atoms with Gasteiger partial charge >= 0.3 is 0 Å². The summed E-state index contributed by atoms with van der Waals surface area (Å²) in [7, 11) is -0.515. The highest BCUT2D eigenvalue weighted by atomic mass is 32.2. The first-order chi connectivity index (χ1) is 13.8. The third-order valence-corrected chi connectivity index (χ3v) is 6.84. The first-order valence-corrected chi connectivity index (χ1v) is 10.9. The smallest absolute Gasteiger partial charge is 0.279 e. The molecule has 0 spiro atoms. The molecule has 1 heterocycles. The second-order valence-corrected chi connectivity index (χ2v) is 9.44. The van der Waals surface area contributed by atoms with Crippen LogP contribution in [0.4, 0.5) is 11.4 Å². The summed E-state index contributed by atoms with van der Waals surface area (Å²) in [5.41, 5.74) is 1.65.